The number of aliphatic hydroxyl groups excluding tert-OH is 1. The van der Waals surface area contributed by atoms with E-state index in [0.29, 0.717) is 6.54 Å². The minimum atomic E-state index is -0.265. The number of hydrogen-bond donors (Lipinski definition) is 1. The predicted octanol–water partition coefficient (Wildman–Crippen LogP) is 2.10. The Balaban J connectivity index is 1.87. The number of nitrogens with zero attached hydrogens (tertiary/aromatic N) is 2. The third kappa shape index (κ3) is 4.17. The lowest BCUT2D eigenvalue weighted by atomic mass is 9.86. The van der Waals surface area contributed by atoms with Gasteiger partial charge in [-0.2, -0.15) is 0 Å². The molecule has 0 radical (unpaired) electrons. The van der Waals surface area contributed by atoms with Crippen LogP contribution in [-0.2, 0) is 4.79 Å². The predicted molar refractivity (Wildman–Crippen MR) is 78.9 cm³/mol. The van der Waals surface area contributed by atoms with E-state index in [2.05, 4.69) is 4.98 Å². The average molecular weight is 274 g/mol. The van der Waals surface area contributed by atoms with Gasteiger partial charge in [0.2, 0.25) is 5.91 Å². The van der Waals surface area contributed by atoms with Gasteiger partial charge in [0, 0.05) is 31.8 Å². The van der Waals surface area contributed by atoms with Crippen LogP contribution in [0.5, 0.6) is 0 Å². The summed E-state index contributed by atoms with van der Waals surface area (Å²) >= 11 is 0. The molecule has 2 rings (SSSR count). The Kier molecular flexibility index (Phi) is 5.30. The van der Waals surface area contributed by atoms with E-state index in [-0.39, 0.29) is 17.9 Å². The lowest BCUT2D eigenvalue weighted by Gasteiger charge is -2.30. The molecule has 1 aromatic heterocycles. The van der Waals surface area contributed by atoms with Crippen molar-refractivity contribution in [3.05, 3.63) is 36.2 Å². The highest BCUT2D eigenvalue weighted by Gasteiger charge is 2.24. The van der Waals surface area contributed by atoms with Gasteiger partial charge in [0.15, 0.2) is 0 Å². The van der Waals surface area contributed by atoms with Crippen LogP contribution in [0.25, 0.3) is 6.08 Å². The summed E-state index contributed by atoms with van der Waals surface area (Å²) in [6, 6.07) is 5.59. The molecule has 1 heterocycles. The number of aliphatic hydroxyl groups is 1. The number of hydrogen-bond acceptors (Lipinski definition) is 3. The number of carbonyl (C=O) groups excluding carboxylic acids is 1. The summed E-state index contributed by atoms with van der Waals surface area (Å²) in [5.41, 5.74) is 0.770. The van der Waals surface area contributed by atoms with Gasteiger partial charge in [0.05, 0.1) is 11.8 Å². The first-order chi connectivity index (χ1) is 9.66. The van der Waals surface area contributed by atoms with Crippen molar-refractivity contribution in [2.24, 2.45) is 5.92 Å². The second kappa shape index (κ2) is 7.20. The van der Waals surface area contributed by atoms with Gasteiger partial charge < -0.3 is 10.0 Å². The maximum Gasteiger partial charge on any atom is 0.246 e. The molecule has 0 aromatic carbocycles. The Morgan fingerprint density at radius 2 is 2.25 bits per heavy atom. The van der Waals surface area contributed by atoms with E-state index in [1.165, 1.54) is 6.08 Å². The van der Waals surface area contributed by atoms with Crippen molar-refractivity contribution in [3.63, 3.8) is 0 Å². The molecule has 1 amide bonds. The van der Waals surface area contributed by atoms with Crippen LogP contribution < -0.4 is 0 Å². The smallest absolute Gasteiger partial charge is 0.246 e. The van der Waals surface area contributed by atoms with Gasteiger partial charge in [-0.15, -0.1) is 0 Å². The highest BCUT2D eigenvalue weighted by atomic mass is 16.3. The van der Waals surface area contributed by atoms with E-state index < -0.39 is 0 Å². The van der Waals surface area contributed by atoms with E-state index in [1.54, 1.807) is 24.2 Å². The summed E-state index contributed by atoms with van der Waals surface area (Å²) in [5.74, 6) is 0.161. The minimum Gasteiger partial charge on any atom is -0.393 e. The maximum absolute atomic E-state index is 12.0. The topological polar surface area (TPSA) is 53.4 Å². The first-order valence-corrected chi connectivity index (χ1v) is 7.19. The zero-order chi connectivity index (χ0) is 14.4. The molecular formula is C16H22N2O2. The maximum atomic E-state index is 12.0. The van der Waals surface area contributed by atoms with E-state index >= 15 is 0 Å². The quantitative estimate of drug-likeness (QED) is 0.856. The fourth-order valence-electron chi connectivity index (χ4n) is 2.60. The molecule has 0 aliphatic heterocycles. The summed E-state index contributed by atoms with van der Waals surface area (Å²) in [6.45, 7) is 0.618. The largest absolute Gasteiger partial charge is 0.393 e. The fraction of sp³-hybridized carbons (Fsp3) is 0.500. The molecule has 0 spiro atoms. The Morgan fingerprint density at radius 3 is 2.95 bits per heavy atom. The number of pyridine rings is 1. The summed E-state index contributed by atoms with van der Waals surface area (Å²) in [6.07, 6.45) is 8.79. The Hall–Kier alpha value is -1.68. The van der Waals surface area contributed by atoms with Crippen LogP contribution in [0, 0.1) is 5.92 Å². The number of amides is 1. The van der Waals surface area contributed by atoms with Crippen LogP contribution in [0.4, 0.5) is 0 Å². The molecule has 1 fully saturated rings. The Morgan fingerprint density at radius 1 is 1.45 bits per heavy atom. The standard InChI is InChI=1S/C16H22N2O2/c1-18(12-13-6-2-3-8-15(13)19)16(20)10-9-14-7-4-5-11-17-14/h4-5,7,9-11,13,15,19H,2-3,6,8,12H2,1H3/b10-9+. The van der Waals surface area contributed by atoms with Crippen molar-refractivity contribution in [3.8, 4) is 0 Å². The number of rotatable bonds is 4. The van der Waals surface area contributed by atoms with Crippen LogP contribution >= 0.6 is 0 Å². The third-order valence-electron chi connectivity index (χ3n) is 3.84. The van der Waals surface area contributed by atoms with Crippen LogP contribution in [0.1, 0.15) is 31.4 Å². The van der Waals surface area contributed by atoms with Gasteiger partial charge in [-0.05, 0) is 31.1 Å². The summed E-state index contributed by atoms with van der Waals surface area (Å²) in [7, 11) is 1.78. The molecule has 1 saturated carbocycles. The second-order valence-corrected chi connectivity index (χ2v) is 5.42. The normalized spacial score (nSPS) is 22.9. The van der Waals surface area contributed by atoms with Gasteiger partial charge in [0.1, 0.15) is 0 Å². The van der Waals surface area contributed by atoms with Crippen LogP contribution in [-0.4, -0.2) is 40.6 Å². The lowest BCUT2D eigenvalue weighted by Crippen LogP contribution is -2.37. The molecule has 108 valence electrons. The molecule has 1 aliphatic carbocycles. The zero-order valence-electron chi connectivity index (χ0n) is 11.9. The van der Waals surface area contributed by atoms with Crippen LogP contribution in [0.3, 0.4) is 0 Å². The zero-order valence-corrected chi connectivity index (χ0v) is 11.9. The highest BCUT2D eigenvalue weighted by Crippen LogP contribution is 2.24. The van der Waals surface area contributed by atoms with Gasteiger partial charge in [-0.1, -0.05) is 18.9 Å². The summed E-state index contributed by atoms with van der Waals surface area (Å²) < 4.78 is 0. The molecule has 2 atom stereocenters. The monoisotopic (exact) mass is 274 g/mol. The van der Waals surface area contributed by atoms with Crippen molar-refractivity contribution in [1.82, 2.24) is 9.88 Å². The molecule has 1 aromatic rings. The molecule has 4 nitrogen and oxygen atoms in total. The molecule has 0 saturated heterocycles. The third-order valence-corrected chi connectivity index (χ3v) is 3.84. The first-order valence-electron chi connectivity index (χ1n) is 7.19. The minimum absolute atomic E-state index is 0.0478. The van der Waals surface area contributed by atoms with Crippen molar-refractivity contribution in [2.45, 2.75) is 31.8 Å². The molecule has 1 aliphatic rings. The number of likely N-dealkylation sites (N-methyl/N-ethyl adjacent to an activating group) is 1. The molecule has 2 unspecified atom stereocenters. The van der Waals surface area contributed by atoms with Crippen molar-refractivity contribution in [2.75, 3.05) is 13.6 Å². The first kappa shape index (κ1) is 14.7. The van der Waals surface area contributed by atoms with Crippen molar-refractivity contribution in [1.29, 1.82) is 0 Å². The van der Waals surface area contributed by atoms with Gasteiger partial charge >= 0.3 is 0 Å². The summed E-state index contributed by atoms with van der Waals surface area (Å²) in [4.78, 5) is 17.8. The molecule has 20 heavy (non-hydrogen) atoms. The van der Waals surface area contributed by atoms with Crippen molar-refractivity contribution < 1.29 is 9.90 Å². The molecule has 4 heteroatoms. The van der Waals surface area contributed by atoms with Crippen molar-refractivity contribution >= 4 is 12.0 Å². The van der Waals surface area contributed by atoms with E-state index in [9.17, 15) is 9.90 Å². The van der Waals surface area contributed by atoms with E-state index in [0.717, 1.165) is 31.4 Å². The van der Waals surface area contributed by atoms with Gasteiger partial charge in [0.25, 0.3) is 0 Å². The fourth-order valence-corrected chi connectivity index (χ4v) is 2.60. The number of carbonyl (C=O) groups is 1. The second-order valence-electron chi connectivity index (χ2n) is 5.42. The lowest BCUT2D eigenvalue weighted by molar-refractivity contribution is -0.126. The molecular weight excluding hydrogens is 252 g/mol. The van der Waals surface area contributed by atoms with E-state index in [4.69, 9.17) is 0 Å². The van der Waals surface area contributed by atoms with Gasteiger partial charge in [-0.3, -0.25) is 9.78 Å². The Labute approximate surface area is 120 Å². The Bertz CT molecular complexity index is 459. The van der Waals surface area contributed by atoms with Crippen LogP contribution in [0.15, 0.2) is 30.5 Å². The molecule has 0 bridgehead atoms. The number of aromatic nitrogens is 1. The SMILES string of the molecule is CN(CC1CCCCC1O)C(=O)/C=C/c1ccccn1. The van der Waals surface area contributed by atoms with Gasteiger partial charge in [-0.25, -0.2) is 0 Å². The highest BCUT2D eigenvalue weighted by molar-refractivity contribution is 5.91. The van der Waals surface area contributed by atoms with Crippen LogP contribution in [0.2, 0.25) is 0 Å². The van der Waals surface area contributed by atoms with E-state index in [1.807, 2.05) is 18.2 Å². The molecule has 1 N–H and O–H groups in total. The average Bonchev–Trinajstić information content (AvgIpc) is 2.48. The summed E-state index contributed by atoms with van der Waals surface area (Å²) in [5, 5.41) is 9.94.